The Hall–Kier alpha value is -3.81. The molecule has 0 radical (unpaired) electrons. The second kappa shape index (κ2) is 13.7. The summed E-state index contributed by atoms with van der Waals surface area (Å²) in [5.41, 5.74) is 14.0. The Kier molecular flexibility index (Phi) is 11.3. The van der Waals surface area contributed by atoms with E-state index >= 15 is 0 Å². The van der Waals surface area contributed by atoms with Crippen molar-refractivity contribution in [1.82, 2.24) is 9.97 Å². The van der Waals surface area contributed by atoms with Crippen molar-refractivity contribution in [3.8, 4) is 28.3 Å². The van der Waals surface area contributed by atoms with Crippen molar-refractivity contribution < 1.29 is 14.6 Å². The number of aromatic nitrogens is 2. The van der Waals surface area contributed by atoms with Crippen LogP contribution >= 0.6 is 0 Å². The van der Waals surface area contributed by atoms with E-state index in [1.165, 1.54) is 0 Å². The zero-order valence-corrected chi connectivity index (χ0v) is 20.8. The summed E-state index contributed by atoms with van der Waals surface area (Å²) in [4.78, 5) is 29.8. The highest BCUT2D eigenvalue weighted by atomic mass is 16.5. The van der Waals surface area contributed by atoms with Gasteiger partial charge in [0.15, 0.2) is 5.82 Å². The van der Waals surface area contributed by atoms with E-state index < -0.39 is 11.5 Å². The lowest BCUT2D eigenvalue weighted by atomic mass is 9.93. The van der Waals surface area contributed by atoms with Gasteiger partial charge in [0, 0.05) is 0 Å². The van der Waals surface area contributed by atoms with Crippen molar-refractivity contribution in [3.05, 3.63) is 58.4 Å². The van der Waals surface area contributed by atoms with Gasteiger partial charge in [-0.1, -0.05) is 65.0 Å². The summed E-state index contributed by atoms with van der Waals surface area (Å²) in [6, 6.07) is 13.3. The molecule has 34 heavy (non-hydrogen) atoms. The van der Waals surface area contributed by atoms with Crippen LogP contribution in [0.2, 0.25) is 0 Å². The van der Waals surface area contributed by atoms with Crippen LogP contribution in [-0.2, 0) is 4.79 Å². The van der Waals surface area contributed by atoms with Crippen LogP contribution in [0.1, 0.15) is 59.4 Å². The molecule has 3 rings (SSSR count). The Morgan fingerprint density at radius 2 is 1.74 bits per heavy atom. The van der Waals surface area contributed by atoms with Crippen molar-refractivity contribution in [2.45, 2.75) is 53.9 Å². The van der Waals surface area contributed by atoms with Crippen LogP contribution in [0, 0.1) is 0 Å². The smallest absolute Gasteiger partial charge is 0.303 e. The van der Waals surface area contributed by atoms with Crippen molar-refractivity contribution in [2.24, 2.45) is 0 Å². The number of nitrogens with two attached hydrogens (primary N) is 2. The van der Waals surface area contributed by atoms with Crippen molar-refractivity contribution in [1.29, 1.82) is 0 Å². The van der Waals surface area contributed by atoms with Gasteiger partial charge in [-0.3, -0.25) is 9.59 Å². The number of nitrogens with zero attached hydrogens (tertiary/aromatic N) is 1. The SMILES string of the molecule is CC.CC.CCOc1cc(-c2cccc(C(C)CC(=O)O)c2)ccc1-c1nc(N)c(N)c(=O)[nH]1. The van der Waals surface area contributed by atoms with E-state index in [0.717, 1.165) is 16.7 Å². The van der Waals surface area contributed by atoms with E-state index in [1.54, 1.807) is 6.07 Å². The zero-order valence-electron chi connectivity index (χ0n) is 20.8. The predicted molar refractivity (Wildman–Crippen MR) is 139 cm³/mol. The van der Waals surface area contributed by atoms with E-state index in [-0.39, 0.29) is 29.7 Å². The number of hydrogen-bond acceptors (Lipinski definition) is 6. The first-order chi connectivity index (χ1) is 16.3. The monoisotopic (exact) mass is 468 g/mol. The number of carboxylic acid groups (broad SMARTS) is 1. The molecule has 1 atom stereocenters. The Bertz CT molecular complexity index is 1140. The fourth-order valence-electron chi connectivity index (χ4n) is 3.20. The average Bonchev–Trinajstić information content (AvgIpc) is 2.84. The molecule has 1 aromatic heterocycles. The van der Waals surface area contributed by atoms with Gasteiger partial charge in [0.1, 0.15) is 17.3 Å². The summed E-state index contributed by atoms with van der Waals surface area (Å²) >= 11 is 0. The minimum atomic E-state index is -0.833. The molecule has 0 spiro atoms. The number of aliphatic carboxylic acids is 1. The first-order valence-corrected chi connectivity index (χ1v) is 11.5. The highest BCUT2D eigenvalue weighted by Gasteiger charge is 2.15. The number of benzene rings is 2. The first-order valence-electron chi connectivity index (χ1n) is 11.5. The van der Waals surface area contributed by atoms with Crippen molar-refractivity contribution in [2.75, 3.05) is 18.1 Å². The van der Waals surface area contributed by atoms with E-state index in [2.05, 4.69) is 9.97 Å². The molecule has 6 N–H and O–H groups in total. The van der Waals surface area contributed by atoms with E-state index in [0.29, 0.717) is 17.9 Å². The van der Waals surface area contributed by atoms with Gasteiger partial charge in [-0.2, -0.15) is 0 Å². The molecule has 3 aromatic rings. The van der Waals surface area contributed by atoms with Crippen LogP contribution in [0.4, 0.5) is 11.5 Å². The molecule has 184 valence electrons. The van der Waals surface area contributed by atoms with Crippen LogP contribution in [0.25, 0.3) is 22.5 Å². The van der Waals surface area contributed by atoms with Gasteiger partial charge in [0.05, 0.1) is 18.6 Å². The number of carbonyl (C=O) groups is 1. The molecular formula is C26H36N4O4. The van der Waals surface area contributed by atoms with Gasteiger partial charge in [0.25, 0.3) is 5.56 Å². The van der Waals surface area contributed by atoms with Gasteiger partial charge in [-0.25, -0.2) is 4.98 Å². The molecule has 8 heteroatoms. The number of hydrogen-bond donors (Lipinski definition) is 4. The summed E-state index contributed by atoms with van der Waals surface area (Å²) in [6.45, 7) is 12.2. The van der Waals surface area contributed by atoms with Crippen molar-refractivity contribution in [3.63, 3.8) is 0 Å². The number of nitrogen functional groups attached to an aromatic ring is 2. The number of rotatable bonds is 7. The molecule has 1 heterocycles. The fraction of sp³-hybridized carbons (Fsp3) is 0.346. The van der Waals surface area contributed by atoms with Gasteiger partial charge < -0.3 is 26.3 Å². The van der Waals surface area contributed by atoms with Gasteiger partial charge >= 0.3 is 5.97 Å². The highest BCUT2D eigenvalue weighted by Crippen LogP contribution is 2.34. The minimum Gasteiger partial charge on any atom is -0.493 e. The molecular weight excluding hydrogens is 432 g/mol. The fourth-order valence-corrected chi connectivity index (χ4v) is 3.20. The third-order valence-electron chi connectivity index (χ3n) is 4.79. The number of nitrogens with one attached hydrogen (secondary N) is 1. The lowest BCUT2D eigenvalue weighted by Crippen LogP contribution is -2.17. The first kappa shape index (κ1) is 28.2. The summed E-state index contributed by atoms with van der Waals surface area (Å²) in [6.07, 6.45) is 0.0597. The maximum atomic E-state index is 12.0. The molecule has 0 bridgehead atoms. The van der Waals surface area contributed by atoms with Crippen LogP contribution in [0.3, 0.4) is 0 Å². The number of ether oxygens (including phenoxy) is 1. The quantitative estimate of drug-likeness (QED) is 0.368. The molecule has 0 aliphatic heterocycles. The van der Waals surface area contributed by atoms with Gasteiger partial charge in [-0.15, -0.1) is 0 Å². The molecule has 0 aliphatic carbocycles. The van der Waals surface area contributed by atoms with Gasteiger partial charge in [-0.05, 0) is 41.7 Å². The Balaban J connectivity index is 0.00000137. The predicted octanol–water partition coefficient (Wildman–Crippen LogP) is 5.30. The molecule has 0 aliphatic rings. The number of carboxylic acids is 1. The Labute approximate surface area is 201 Å². The molecule has 1 unspecified atom stereocenters. The van der Waals surface area contributed by atoms with Crippen LogP contribution in [0.15, 0.2) is 47.3 Å². The topological polar surface area (TPSA) is 144 Å². The highest BCUT2D eigenvalue weighted by molar-refractivity contribution is 5.75. The number of aromatic amines is 1. The molecule has 2 aromatic carbocycles. The zero-order chi connectivity index (χ0) is 25.8. The normalized spacial score (nSPS) is 10.8. The van der Waals surface area contributed by atoms with E-state index in [1.807, 2.05) is 77.9 Å². The lowest BCUT2D eigenvalue weighted by Gasteiger charge is -2.14. The molecule has 0 amide bonds. The maximum Gasteiger partial charge on any atom is 0.303 e. The van der Waals surface area contributed by atoms with E-state index in [9.17, 15) is 9.59 Å². The summed E-state index contributed by atoms with van der Waals surface area (Å²) < 4.78 is 5.78. The van der Waals surface area contributed by atoms with Crippen LogP contribution < -0.4 is 21.8 Å². The lowest BCUT2D eigenvalue weighted by molar-refractivity contribution is -0.137. The number of anilines is 2. The van der Waals surface area contributed by atoms with Crippen LogP contribution in [-0.4, -0.2) is 27.7 Å². The second-order valence-corrected chi connectivity index (χ2v) is 6.98. The largest absolute Gasteiger partial charge is 0.493 e. The third kappa shape index (κ3) is 7.10. The Morgan fingerprint density at radius 1 is 1.09 bits per heavy atom. The van der Waals surface area contributed by atoms with Crippen LogP contribution in [0.5, 0.6) is 5.75 Å². The molecule has 8 nitrogen and oxygen atoms in total. The second-order valence-electron chi connectivity index (χ2n) is 6.98. The van der Waals surface area contributed by atoms with Gasteiger partial charge in [0.2, 0.25) is 0 Å². The average molecular weight is 469 g/mol. The number of H-pyrrole nitrogens is 1. The molecule has 0 saturated heterocycles. The Morgan fingerprint density at radius 3 is 2.32 bits per heavy atom. The molecule has 0 fully saturated rings. The molecule has 0 saturated carbocycles. The van der Waals surface area contributed by atoms with Crippen molar-refractivity contribution >= 4 is 17.5 Å². The summed E-state index contributed by atoms with van der Waals surface area (Å²) in [5, 5.41) is 9.06. The summed E-state index contributed by atoms with van der Waals surface area (Å²) in [7, 11) is 0. The minimum absolute atomic E-state index is 0.0413. The summed E-state index contributed by atoms with van der Waals surface area (Å²) in [5.74, 6) is -0.183. The standard InChI is InChI=1S/C22H24N4O4.2C2H6/c1-3-30-17-11-15(14-6-4-5-13(10-14)12(2)9-18(27)28)7-8-16(17)21-25-20(24)19(23)22(29)26-21;2*1-2/h4-8,10-12H,3,9,23H2,1-2H3,(H,27,28)(H3,24,25,26,29);2*1-2H3. The third-order valence-corrected chi connectivity index (χ3v) is 4.79. The maximum absolute atomic E-state index is 12.0. The van der Waals surface area contributed by atoms with E-state index in [4.69, 9.17) is 21.3 Å².